The quantitative estimate of drug-likeness (QED) is 0.843. The molecule has 2 heterocycles. The third-order valence-electron chi connectivity index (χ3n) is 4.31. The first-order valence-corrected chi connectivity index (χ1v) is 7.00. The maximum Gasteiger partial charge on any atom is 0.338 e. The first kappa shape index (κ1) is 14.6. The maximum absolute atomic E-state index is 11.7. The number of carbonyl (C=O) groups excluding carboxylic acids is 1. The van der Waals surface area contributed by atoms with E-state index < -0.39 is 11.8 Å². The molecule has 2 atom stereocenters. The molecule has 2 aliphatic heterocycles. The Morgan fingerprint density at radius 2 is 2.05 bits per heavy atom. The molecular weight excluding hydrogens is 288 g/mol. The highest BCUT2D eigenvalue weighted by atomic mass is 16.7. The lowest BCUT2D eigenvalue weighted by atomic mass is 9.86. The lowest BCUT2D eigenvalue weighted by Crippen LogP contribution is -2.49. The van der Waals surface area contributed by atoms with Gasteiger partial charge >= 0.3 is 11.8 Å². The lowest BCUT2D eigenvalue weighted by molar-refractivity contribution is -0.201. The molecule has 1 aromatic carbocycles. The van der Waals surface area contributed by atoms with Crippen molar-refractivity contribution in [2.75, 3.05) is 14.2 Å². The standard InChI is InChI=1S/C16H18O6/c1-8-5-10-9(2)15(18)12(19-3)6-11(10)21-16(8)13(20-4)7-14(17)22-16/h6-8,18H,5H2,1-4H3/t8-,16-/m0/s1. The summed E-state index contributed by atoms with van der Waals surface area (Å²) in [7, 11) is 2.95. The topological polar surface area (TPSA) is 74.2 Å². The number of aromatic hydroxyl groups is 1. The number of carbonyl (C=O) groups is 1. The molecule has 1 spiro atoms. The summed E-state index contributed by atoms with van der Waals surface area (Å²) in [5.74, 6) is -0.637. The van der Waals surface area contributed by atoms with Crippen LogP contribution in [0.5, 0.6) is 17.2 Å². The number of phenols is 1. The zero-order valence-electron chi connectivity index (χ0n) is 12.9. The SMILES string of the molecule is COC1=CC(=O)O[C@]12Oc1cc(OC)c(O)c(C)c1C[C@@H]2C. The molecule has 0 aromatic heterocycles. The molecule has 3 rings (SSSR count). The van der Waals surface area contributed by atoms with Gasteiger partial charge in [-0.2, -0.15) is 0 Å². The van der Waals surface area contributed by atoms with E-state index in [9.17, 15) is 9.90 Å². The third-order valence-corrected chi connectivity index (χ3v) is 4.31. The molecule has 0 unspecified atom stereocenters. The van der Waals surface area contributed by atoms with Crippen LogP contribution in [0.25, 0.3) is 0 Å². The average molecular weight is 306 g/mol. The van der Waals surface area contributed by atoms with Crippen molar-refractivity contribution in [3.05, 3.63) is 29.0 Å². The Bertz CT molecular complexity index is 678. The number of phenolic OH excluding ortho intramolecular Hbond substituents is 1. The van der Waals surface area contributed by atoms with Crippen LogP contribution < -0.4 is 9.47 Å². The molecule has 0 saturated heterocycles. The van der Waals surface area contributed by atoms with Crippen LogP contribution in [0.4, 0.5) is 0 Å². The summed E-state index contributed by atoms with van der Waals surface area (Å²) >= 11 is 0. The van der Waals surface area contributed by atoms with Crippen molar-refractivity contribution in [2.24, 2.45) is 5.92 Å². The molecule has 2 aliphatic rings. The Labute approximate surface area is 128 Å². The monoisotopic (exact) mass is 306 g/mol. The predicted octanol–water partition coefficient (Wildman–Crippen LogP) is 2.06. The summed E-state index contributed by atoms with van der Waals surface area (Å²) < 4.78 is 21.9. The molecule has 6 nitrogen and oxygen atoms in total. The van der Waals surface area contributed by atoms with Gasteiger partial charge in [0.1, 0.15) is 5.75 Å². The van der Waals surface area contributed by atoms with E-state index in [-0.39, 0.29) is 11.7 Å². The van der Waals surface area contributed by atoms with Crippen molar-refractivity contribution < 1.29 is 28.8 Å². The number of hydrogen-bond donors (Lipinski definition) is 1. The van der Waals surface area contributed by atoms with Gasteiger partial charge in [0.25, 0.3) is 0 Å². The maximum atomic E-state index is 11.7. The second-order valence-electron chi connectivity index (χ2n) is 5.54. The molecule has 0 aliphatic carbocycles. The summed E-state index contributed by atoms with van der Waals surface area (Å²) in [6, 6.07) is 1.60. The van der Waals surface area contributed by atoms with E-state index in [1.54, 1.807) is 13.0 Å². The number of ether oxygens (including phenoxy) is 4. The van der Waals surface area contributed by atoms with E-state index in [2.05, 4.69) is 0 Å². The number of fused-ring (bicyclic) bond motifs is 1. The van der Waals surface area contributed by atoms with Crippen LogP contribution in [0, 0.1) is 12.8 Å². The van der Waals surface area contributed by atoms with E-state index in [1.165, 1.54) is 20.3 Å². The van der Waals surface area contributed by atoms with E-state index >= 15 is 0 Å². The second kappa shape index (κ2) is 4.83. The van der Waals surface area contributed by atoms with Gasteiger partial charge in [0, 0.05) is 23.1 Å². The minimum atomic E-state index is -1.26. The highest BCUT2D eigenvalue weighted by Gasteiger charge is 2.54. The minimum Gasteiger partial charge on any atom is -0.504 e. The van der Waals surface area contributed by atoms with Gasteiger partial charge in [-0.1, -0.05) is 6.92 Å². The molecule has 22 heavy (non-hydrogen) atoms. The van der Waals surface area contributed by atoms with Crippen LogP contribution in [0.1, 0.15) is 18.1 Å². The molecule has 0 bridgehead atoms. The van der Waals surface area contributed by atoms with E-state index in [1.807, 2.05) is 6.92 Å². The molecule has 0 radical (unpaired) electrons. The highest BCUT2D eigenvalue weighted by molar-refractivity contribution is 5.86. The van der Waals surface area contributed by atoms with E-state index in [0.29, 0.717) is 29.2 Å². The van der Waals surface area contributed by atoms with Crippen LogP contribution in [0.2, 0.25) is 0 Å². The highest BCUT2D eigenvalue weighted by Crippen LogP contribution is 2.49. The average Bonchev–Trinajstić information content (AvgIpc) is 2.82. The zero-order chi connectivity index (χ0) is 16.1. The van der Waals surface area contributed by atoms with Gasteiger partial charge in [0.15, 0.2) is 17.3 Å². The van der Waals surface area contributed by atoms with Crippen LogP contribution in [0.15, 0.2) is 17.9 Å². The summed E-state index contributed by atoms with van der Waals surface area (Å²) in [6.07, 6.45) is 1.87. The van der Waals surface area contributed by atoms with E-state index in [4.69, 9.17) is 18.9 Å². The number of rotatable bonds is 2. The lowest BCUT2D eigenvalue weighted by Gasteiger charge is -2.40. The Hall–Kier alpha value is -2.37. The normalized spacial score (nSPS) is 26.1. The van der Waals surface area contributed by atoms with Crippen molar-refractivity contribution in [2.45, 2.75) is 26.1 Å². The molecule has 118 valence electrons. The molecule has 0 fully saturated rings. The number of esters is 1. The Kier molecular flexibility index (Phi) is 3.20. The predicted molar refractivity (Wildman–Crippen MR) is 76.8 cm³/mol. The molecule has 1 N–H and O–H groups in total. The number of hydrogen-bond acceptors (Lipinski definition) is 6. The van der Waals surface area contributed by atoms with Gasteiger partial charge in [0.2, 0.25) is 0 Å². The molecule has 0 saturated carbocycles. The van der Waals surface area contributed by atoms with Crippen molar-refractivity contribution in [1.29, 1.82) is 0 Å². The smallest absolute Gasteiger partial charge is 0.338 e. The van der Waals surface area contributed by atoms with E-state index in [0.717, 1.165) is 5.56 Å². The Balaban J connectivity index is 2.12. The van der Waals surface area contributed by atoms with Crippen LogP contribution >= 0.6 is 0 Å². The Morgan fingerprint density at radius 3 is 2.68 bits per heavy atom. The van der Waals surface area contributed by atoms with Gasteiger partial charge in [-0.05, 0) is 13.3 Å². The molecule has 6 heteroatoms. The van der Waals surface area contributed by atoms with Crippen molar-refractivity contribution >= 4 is 5.97 Å². The first-order valence-electron chi connectivity index (χ1n) is 7.00. The van der Waals surface area contributed by atoms with Crippen LogP contribution in [-0.4, -0.2) is 31.1 Å². The Morgan fingerprint density at radius 1 is 1.32 bits per heavy atom. The number of benzene rings is 1. The van der Waals surface area contributed by atoms with Gasteiger partial charge in [0.05, 0.1) is 20.3 Å². The zero-order valence-corrected chi connectivity index (χ0v) is 12.9. The minimum absolute atomic E-state index is 0.0962. The van der Waals surface area contributed by atoms with Crippen molar-refractivity contribution in [3.63, 3.8) is 0 Å². The first-order chi connectivity index (χ1) is 10.4. The van der Waals surface area contributed by atoms with Crippen LogP contribution in [-0.2, 0) is 20.7 Å². The fraction of sp³-hybridized carbons (Fsp3) is 0.438. The fourth-order valence-corrected chi connectivity index (χ4v) is 3.04. The van der Waals surface area contributed by atoms with Gasteiger partial charge in [-0.15, -0.1) is 0 Å². The van der Waals surface area contributed by atoms with Crippen LogP contribution in [0.3, 0.4) is 0 Å². The van der Waals surface area contributed by atoms with Gasteiger partial charge < -0.3 is 24.1 Å². The second-order valence-corrected chi connectivity index (χ2v) is 5.54. The third kappa shape index (κ3) is 1.83. The molecule has 0 amide bonds. The van der Waals surface area contributed by atoms with Crippen molar-refractivity contribution in [3.8, 4) is 17.2 Å². The summed E-state index contributed by atoms with van der Waals surface area (Å²) in [5, 5.41) is 10.1. The largest absolute Gasteiger partial charge is 0.504 e. The van der Waals surface area contributed by atoms with Gasteiger partial charge in [-0.25, -0.2) is 4.79 Å². The molecular formula is C16H18O6. The number of methoxy groups -OCH3 is 2. The summed E-state index contributed by atoms with van der Waals surface area (Å²) in [5.41, 5.74) is 1.57. The fourth-order valence-electron chi connectivity index (χ4n) is 3.04. The molecule has 1 aromatic rings. The van der Waals surface area contributed by atoms with Crippen molar-refractivity contribution in [1.82, 2.24) is 0 Å². The summed E-state index contributed by atoms with van der Waals surface area (Å²) in [6.45, 7) is 3.72. The summed E-state index contributed by atoms with van der Waals surface area (Å²) in [4.78, 5) is 11.7. The van der Waals surface area contributed by atoms with Gasteiger partial charge in [-0.3, -0.25) is 0 Å².